The van der Waals surface area contributed by atoms with Gasteiger partial charge in [0.05, 0.1) is 0 Å². The topological polar surface area (TPSA) is 40.7 Å². The first kappa shape index (κ1) is 11.9. The predicted octanol–water partition coefficient (Wildman–Crippen LogP) is 3.23. The summed E-state index contributed by atoms with van der Waals surface area (Å²) in [6.45, 7) is 0.802. The number of imidazole rings is 1. The summed E-state index contributed by atoms with van der Waals surface area (Å²) in [6.07, 6.45) is 4.36. The maximum Gasteiger partial charge on any atom is 0.138 e. The van der Waals surface area contributed by atoms with E-state index in [4.69, 9.17) is 0 Å². The first-order valence-electron chi connectivity index (χ1n) is 5.95. The first-order chi connectivity index (χ1) is 8.72. The third-order valence-electron chi connectivity index (χ3n) is 2.97. The van der Waals surface area contributed by atoms with Crippen LogP contribution in [0.3, 0.4) is 0 Å². The third-order valence-corrected chi connectivity index (χ3v) is 3.63. The fourth-order valence-corrected chi connectivity index (χ4v) is 2.35. The average molecular weight is 310 g/mol. The van der Waals surface area contributed by atoms with Gasteiger partial charge >= 0.3 is 0 Å². The van der Waals surface area contributed by atoms with Crippen LogP contribution in [-0.4, -0.2) is 16.0 Å². The van der Waals surface area contributed by atoms with Gasteiger partial charge in [-0.3, -0.25) is 0 Å². The Bertz CT molecular complexity index is 563. The SMILES string of the molecule is Fc1ccc(-c2ncc(CNC3CC3)[nH]2)c(Br)c1. The second-order valence-corrected chi connectivity index (χ2v) is 5.39. The number of H-pyrrole nitrogens is 1. The van der Waals surface area contributed by atoms with Gasteiger partial charge in [-0.1, -0.05) is 0 Å². The molecule has 18 heavy (non-hydrogen) atoms. The molecule has 0 aliphatic heterocycles. The number of hydrogen-bond donors (Lipinski definition) is 2. The highest BCUT2D eigenvalue weighted by molar-refractivity contribution is 9.10. The van der Waals surface area contributed by atoms with E-state index >= 15 is 0 Å². The van der Waals surface area contributed by atoms with Crippen LogP contribution in [0.2, 0.25) is 0 Å². The molecule has 1 aliphatic carbocycles. The van der Waals surface area contributed by atoms with Crippen molar-refractivity contribution in [3.8, 4) is 11.4 Å². The quantitative estimate of drug-likeness (QED) is 0.910. The molecular weight excluding hydrogens is 297 g/mol. The molecule has 1 aromatic heterocycles. The van der Waals surface area contributed by atoms with Gasteiger partial charge < -0.3 is 10.3 Å². The highest BCUT2D eigenvalue weighted by Gasteiger charge is 2.20. The zero-order valence-corrected chi connectivity index (χ0v) is 11.3. The number of aromatic nitrogens is 2. The Labute approximate surface area is 113 Å². The van der Waals surface area contributed by atoms with Gasteiger partial charge in [-0.05, 0) is 47.0 Å². The van der Waals surface area contributed by atoms with Crippen molar-refractivity contribution in [2.45, 2.75) is 25.4 Å². The van der Waals surface area contributed by atoms with Crippen molar-refractivity contribution in [2.24, 2.45) is 0 Å². The van der Waals surface area contributed by atoms with Crippen molar-refractivity contribution in [1.29, 1.82) is 0 Å². The molecule has 3 nitrogen and oxygen atoms in total. The van der Waals surface area contributed by atoms with Crippen LogP contribution in [0.15, 0.2) is 28.9 Å². The van der Waals surface area contributed by atoms with Crippen LogP contribution in [0.1, 0.15) is 18.5 Å². The van der Waals surface area contributed by atoms with Gasteiger partial charge in [0.1, 0.15) is 11.6 Å². The fourth-order valence-electron chi connectivity index (χ4n) is 1.81. The van der Waals surface area contributed by atoms with Gasteiger partial charge in [0.25, 0.3) is 0 Å². The van der Waals surface area contributed by atoms with E-state index in [9.17, 15) is 4.39 Å². The predicted molar refractivity (Wildman–Crippen MR) is 71.5 cm³/mol. The molecule has 0 saturated heterocycles. The van der Waals surface area contributed by atoms with Crippen molar-refractivity contribution < 1.29 is 4.39 Å². The Morgan fingerprint density at radius 2 is 2.28 bits per heavy atom. The second-order valence-electron chi connectivity index (χ2n) is 4.54. The number of benzene rings is 1. The number of halogens is 2. The van der Waals surface area contributed by atoms with Crippen LogP contribution in [0.5, 0.6) is 0 Å². The summed E-state index contributed by atoms with van der Waals surface area (Å²) >= 11 is 3.35. The Hall–Kier alpha value is -1.20. The van der Waals surface area contributed by atoms with Crippen LogP contribution in [0, 0.1) is 5.82 Å². The zero-order chi connectivity index (χ0) is 12.5. The van der Waals surface area contributed by atoms with Crippen molar-refractivity contribution >= 4 is 15.9 Å². The maximum absolute atomic E-state index is 13.0. The monoisotopic (exact) mass is 309 g/mol. The molecule has 94 valence electrons. The van der Waals surface area contributed by atoms with Crippen molar-refractivity contribution in [3.05, 3.63) is 40.4 Å². The minimum absolute atomic E-state index is 0.257. The molecule has 1 fully saturated rings. The van der Waals surface area contributed by atoms with Gasteiger partial charge in [0, 0.05) is 34.5 Å². The fraction of sp³-hybridized carbons (Fsp3) is 0.308. The summed E-state index contributed by atoms with van der Waals surface area (Å²) in [5, 5.41) is 3.42. The Morgan fingerprint density at radius 3 is 3.00 bits per heavy atom. The maximum atomic E-state index is 13.0. The molecule has 0 unspecified atom stereocenters. The van der Waals surface area contributed by atoms with Crippen molar-refractivity contribution in [2.75, 3.05) is 0 Å². The minimum Gasteiger partial charge on any atom is -0.341 e. The van der Waals surface area contributed by atoms with E-state index in [0.717, 1.165) is 23.6 Å². The lowest BCUT2D eigenvalue weighted by atomic mass is 10.2. The smallest absolute Gasteiger partial charge is 0.138 e. The number of rotatable bonds is 4. The van der Waals surface area contributed by atoms with Crippen molar-refractivity contribution in [3.63, 3.8) is 0 Å². The molecule has 0 amide bonds. The van der Waals surface area contributed by atoms with E-state index in [-0.39, 0.29) is 5.82 Å². The molecule has 0 radical (unpaired) electrons. The lowest BCUT2D eigenvalue weighted by Crippen LogP contribution is -2.15. The van der Waals surface area contributed by atoms with E-state index in [1.54, 1.807) is 6.07 Å². The van der Waals surface area contributed by atoms with Crippen LogP contribution in [0.25, 0.3) is 11.4 Å². The van der Waals surface area contributed by atoms with Crippen molar-refractivity contribution in [1.82, 2.24) is 15.3 Å². The average Bonchev–Trinajstić information content (AvgIpc) is 3.05. The largest absolute Gasteiger partial charge is 0.341 e. The van der Waals surface area contributed by atoms with E-state index in [1.807, 2.05) is 6.20 Å². The summed E-state index contributed by atoms with van der Waals surface area (Å²) in [5.74, 6) is 0.502. The number of nitrogens with zero attached hydrogens (tertiary/aromatic N) is 1. The molecule has 1 saturated carbocycles. The van der Waals surface area contributed by atoms with Gasteiger partial charge in [-0.2, -0.15) is 0 Å². The van der Waals surface area contributed by atoms with Crippen LogP contribution >= 0.6 is 15.9 Å². The van der Waals surface area contributed by atoms with Gasteiger partial charge in [-0.15, -0.1) is 0 Å². The number of hydrogen-bond acceptors (Lipinski definition) is 2. The highest BCUT2D eigenvalue weighted by Crippen LogP contribution is 2.26. The number of nitrogens with one attached hydrogen (secondary N) is 2. The van der Waals surface area contributed by atoms with E-state index < -0.39 is 0 Å². The normalized spacial score (nSPS) is 15.0. The zero-order valence-electron chi connectivity index (χ0n) is 9.71. The van der Waals surface area contributed by atoms with E-state index in [2.05, 4.69) is 31.2 Å². The van der Waals surface area contributed by atoms with E-state index in [0.29, 0.717) is 10.5 Å². The molecule has 0 spiro atoms. The second kappa shape index (κ2) is 4.82. The summed E-state index contributed by atoms with van der Waals surface area (Å²) < 4.78 is 13.7. The van der Waals surface area contributed by atoms with Gasteiger partial charge in [0.15, 0.2) is 0 Å². The van der Waals surface area contributed by atoms with Crippen LogP contribution < -0.4 is 5.32 Å². The van der Waals surface area contributed by atoms with Gasteiger partial charge in [0.2, 0.25) is 0 Å². The lowest BCUT2D eigenvalue weighted by Gasteiger charge is -2.01. The Balaban J connectivity index is 1.78. The summed E-state index contributed by atoms with van der Waals surface area (Å²) in [4.78, 5) is 7.57. The first-order valence-corrected chi connectivity index (χ1v) is 6.74. The minimum atomic E-state index is -0.257. The molecule has 2 aromatic rings. The molecule has 1 aliphatic rings. The molecule has 0 bridgehead atoms. The summed E-state index contributed by atoms with van der Waals surface area (Å²) in [7, 11) is 0. The molecule has 1 heterocycles. The standard InChI is InChI=1S/C13H13BrFN3/c14-12-5-8(15)1-4-11(12)13-17-7-10(18-13)6-16-9-2-3-9/h1,4-5,7,9,16H,2-3,6H2,(H,17,18). The highest BCUT2D eigenvalue weighted by atomic mass is 79.9. The molecular formula is C13H13BrFN3. The Kier molecular flexibility index (Phi) is 3.18. The molecule has 1 aromatic carbocycles. The summed E-state index contributed by atoms with van der Waals surface area (Å²) in [6, 6.07) is 5.27. The molecule has 2 N–H and O–H groups in total. The number of aromatic amines is 1. The molecule has 5 heteroatoms. The van der Waals surface area contributed by atoms with Crippen LogP contribution in [0.4, 0.5) is 4.39 Å². The molecule has 3 rings (SSSR count). The third kappa shape index (κ3) is 2.62. The lowest BCUT2D eigenvalue weighted by molar-refractivity contribution is 0.627. The molecule has 0 atom stereocenters. The van der Waals surface area contributed by atoms with E-state index in [1.165, 1.54) is 25.0 Å². The van der Waals surface area contributed by atoms with Gasteiger partial charge in [-0.25, -0.2) is 9.37 Å². The van der Waals surface area contributed by atoms with Crippen LogP contribution in [-0.2, 0) is 6.54 Å². The summed E-state index contributed by atoms with van der Waals surface area (Å²) in [5.41, 5.74) is 1.92. The Morgan fingerprint density at radius 1 is 1.44 bits per heavy atom.